The molecule has 5 rings (SSSR count). The van der Waals surface area contributed by atoms with Crippen molar-refractivity contribution >= 4 is 28.3 Å². The van der Waals surface area contributed by atoms with Crippen molar-refractivity contribution < 1.29 is 9.59 Å². The van der Waals surface area contributed by atoms with E-state index in [-0.39, 0.29) is 11.8 Å². The van der Waals surface area contributed by atoms with Gasteiger partial charge in [0.05, 0.1) is 0 Å². The number of aromatic nitrogens is 3. The summed E-state index contributed by atoms with van der Waals surface area (Å²) in [5.41, 5.74) is 3.91. The van der Waals surface area contributed by atoms with E-state index >= 15 is 0 Å². The third-order valence-corrected chi connectivity index (χ3v) is 5.86. The predicted molar refractivity (Wildman–Crippen MR) is 117 cm³/mol. The van der Waals surface area contributed by atoms with E-state index in [2.05, 4.69) is 20.3 Å². The molecule has 7 nitrogen and oxygen atoms in total. The molecule has 2 amide bonds. The number of benzene rings is 2. The Morgan fingerprint density at radius 3 is 2.61 bits per heavy atom. The summed E-state index contributed by atoms with van der Waals surface area (Å²) >= 11 is 1.34. The highest BCUT2D eigenvalue weighted by Gasteiger charge is 2.37. The van der Waals surface area contributed by atoms with Crippen LogP contribution in [-0.2, 0) is 11.3 Å². The second-order valence-electron chi connectivity index (χ2n) is 7.07. The van der Waals surface area contributed by atoms with Crippen molar-refractivity contribution in [3.05, 3.63) is 95.5 Å². The standard InChI is InChI=1S/C23H17N5O2S/c29-21(27-23-26-8-9-31-23)20(15-4-2-1-3-5-15)28-13-17-7-6-16(10-19(17)22(28)30)18-11-24-14-25-12-18/h1-12,14,20H,13H2,(H,26,27,29). The fourth-order valence-electron chi connectivity index (χ4n) is 3.73. The summed E-state index contributed by atoms with van der Waals surface area (Å²) < 4.78 is 0. The van der Waals surface area contributed by atoms with Crippen molar-refractivity contribution in [3.8, 4) is 11.1 Å². The van der Waals surface area contributed by atoms with E-state index in [1.165, 1.54) is 17.7 Å². The first-order chi connectivity index (χ1) is 15.2. The molecule has 1 aliphatic heterocycles. The number of amides is 2. The maximum absolute atomic E-state index is 13.4. The number of hydrogen-bond donors (Lipinski definition) is 1. The van der Waals surface area contributed by atoms with Crippen LogP contribution >= 0.6 is 11.3 Å². The molecule has 0 saturated heterocycles. The third kappa shape index (κ3) is 3.69. The fraction of sp³-hybridized carbons (Fsp3) is 0.0870. The summed E-state index contributed by atoms with van der Waals surface area (Å²) in [7, 11) is 0. The van der Waals surface area contributed by atoms with Gasteiger partial charge in [-0.3, -0.25) is 14.9 Å². The summed E-state index contributed by atoms with van der Waals surface area (Å²) in [6, 6.07) is 14.3. The van der Waals surface area contributed by atoms with Gasteiger partial charge in [0.1, 0.15) is 12.4 Å². The molecule has 1 unspecified atom stereocenters. The van der Waals surface area contributed by atoms with Gasteiger partial charge in [-0.1, -0.05) is 42.5 Å². The molecule has 0 bridgehead atoms. The second kappa shape index (κ2) is 8.08. The Kier molecular flexibility index (Phi) is 4.97. The Hall–Kier alpha value is -3.91. The summed E-state index contributed by atoms with van der Waals surface area (Å²) in [4.78, 5) is 40.5. The van der Waals surface area contributed by atoms with Crippen LogP contribution in [-0.4, -0.2) is 31.7 Å². The van der Waals surface area contributed by atoms with E-state index < -0.39 is 6.04 Å². The molecule has 1 atom stereocenters. The van der Waals surface area contributed by atoms with Crippen LogP contribution in [0.1, 0.15) is 27.5 Å². The van der Waals surface area contributed by atoms with Crippen molar-refractivity contribution in [1.29, 1.82) is 0 Å². The summed E-state index contributed by atoms with van der Waals surface area (Å²) in [6.07, 6.45) is 6.51. The summed E-state index contributed by atoms with van der Waals surface area (Å²) in [5, 5.41) is 5.13. The largest absolute Gasteiger partial charge is 0.318 e. The molecule has 1 aliphatic rings. The highest BCUT2D eigenvalue weighted by atomic mass is 32.1. The zero-order valence-electron chi connectivity index (χ0n) is 16.3. The molecule has 31 heavy (non-hydrogen) atoms. The van der Waals surface area contributed by atoms with Crippen LogP contribution in [0.4, 0.5) is 5.13 Å². The number of fused-ring (bicyclic) bond motifs is 1. The van der Waals surface area contributed by atoms with Crippen LogP contribution in [0, 0.1) is 0 Å². The molecule has 0 aliphatic carbocycles. The van der Waals surface area contributed by atoms with Crippen LogP contribution in [0.5, 0.6) is 0 Å². The highest BCUT2D eigenvalue weighted by molar-refractivity contribution is 7.13. The molecule has 0 spiro atoms. The third-order valence-electron chi connectivity index (χ3n) is 5.17. The Balaban J connectivity index is 1.49. The monoisotopic (exact) mass is 427 g/mol. The van der Waals surface area contributed by atoms with Gasteiger partial charge in [-0.05, 0) is 22.8 Å². The van der Waals surface area contributed by atoms with Crippen molar-refractivity contribution in [1.82, 2.24) is 19.9 Å². The molecular weight excluding hydrogens is 410 g/mol. The fourth-order valence-corrected chi connectivity index (χ4v) is 4.26. The lowest BCUT2D eigenvalue weighted by Gasteiger charge is -2.27. The number of hydrogen-bond acceptors (Lipinski definition) is 6. The molecule has 1 N–H and O–H groups in total. The average Bonchev–Trinajstić information content (AvgIpc) is 3.43. The number of thiazole rings is 1. The van der Waals surface area contributed by atoms with Gasteiger partial charge in [0.2, 0.25) is 0 Å². The van der Waals surface area contributed by atoms with Crippen molar-refractivity contribution in [2.75, 3.05) is 5.32 Å². The van der Waals surface area contributed by atoms with Crippen LogP contribution in [0.3, 0.4) is 0 Å². The summed E-state index contributed by atoms with van der Waals surface area (Å²) in [5.74, 6) is -0.476. The Labute approximate surface area is 182 Å². The highest BCUT2D eigenvalue weighted by Crippen LogP contribution is 2.34. The van der Waals surface area contributed by atoms with Crippen LogP contribution in [0.25, 0.3) is 11.1 Å². The predicted octanol–water partition coefficient (Wildman–Crippen LogP) is 3.94. The van der Waals surface area contributed by atoms with Gasteiger partial charge in [-0.2, -0.15) is 0 Å². The van der Waals surface area contributed by atoms with E-state index in [0.29, 0.717) is 17.2 Å². The van der Waals surface area contributed by atoms with E-state index in [9.17, 15) is 9.59 Å². The minimum atomic E-state index is -0.770. The van der Waals surface area contributed by atoms with E-state index in [4.69, 9.17) is 0 Å². The van der Waals surface area contributed by atoms with Crippen LogP contribution in [0.15, 0.2) is 78.8 Å². The van der Waals surface area contributed by atoms with Gasteiger partial charge in [0.15, 0.2) is 5.13 Å². The number of carbonyl (C=O) groups excluding carboxylic acids is 2. The molecule has 3 heterocycles. The van der Waals surface area contributed by atoms with E-state index in [1.54, 1.807) is 28.9 Å². The first-order valence-corrected chi connectivity index (χ1v) is 10.5. The van der Waals surface area contributed by atoms with Gasteiger partial charge >= 0.3 is 0 Å². The van der Waals surface area contributed by atoms with Gasteiger partial charge < -0.3 is 4.90 Å². The van der Waals surface area contributed by atoms with Crippen molar-refractivity contribution in [3.63, 3.8) is 0 Å². The Bertz CT molecular complexity index is 1230. The molecule has 8 heteroatoms. The number of nitrogens with zero attached hydrogens (tertiary/aromatic N) is 4. The molecule has 2 aromatic carbocycles. The smallest absolute Gasteiger partial charge is 0.255 e. The van der Waals surface area contributed by atoms with Gasteiger partial charge in [0, 0.05) is 41.6 Å². The first-order valence-electron chi connectivity index (χ1n) is 9.65. The SMILES string of the molecule is O=C(Nc1nccs1)C(c1ccccc1)N1Cc2ccc(-c3cncnc3)cc2C1=O. The number of anilines is 1. The average molecular weight is 427 g/mol. The number of carbonyl (C=O) groups is 2. The van der Waals surface area contributed by atoms with E-state index in [0.717, 1.165) is 22.3 Å². The number of rotatable bonds is 5. The minimum Gasteiger partial charge on any atom is -0.318 e. The van der Waals surface area contributed by atoms with E-state index in [1.807, 2.05) is 48.5 Å². The first kappa shape index (κ1) is 19.1. The molecule has 152 valence electrons. The number of nitrogens with one attached hydrogen (secondary N) is 1. The van der Waals surface area contributed by atoms with Crippen LogP contribution < -0.4 is 5.32 Å². The lowest BCUT2D eigenvalue weighted by molar-refractivity contribution is -0.120. The lowest BCUT2D eigenvalue weighted by Crippen LogP contribution is -2.37. The molecule has 0 fully saturated rings. The molecular formula is C23H17N5O2S. The summed E-state index contributed by atoms with van der Waals surface area (Å²) in [6.45, 7) is 0.352. The van der Waals surface area contributed by atoms with Gasteiger partial charge in [-0.15, -0.1) is 11.3 Å². The quantitative estimate of drug-likeness (QED) is 0.521. The van der Waals surface area contributed by atoms with Crippen LogP contribution in [0.2, 0.25) is 0 Å². The van der Waals surface area contributed by atoms with Gasteiger partial charge in [-0.25, -0.2) is 15.0 Å². The van der Waals surface area contributed by atoms with Crippen molar-refractivity contribution in [2.45, 2.75) is 12.6 Å². The Morgan fingerprint density at radius 2 is 1.87 bits per heavy atom. The topological polar surface area (TPSA) is 88.1 Å². The molecule has 4 aromatic rings. The minimum absolute atomic E-state index is 0.183. The zero-order chi connectivity index (χ0) is 21.2. The second-order valence-corrected chi connectivity index (χ2v) is 7.97. The normalized spacial score (nSPS) is 13.7. The lowest BCUT2D eigenvalue weighted by atomic mass is 10.0. The maximum atomic E-state index is 13.4. The maximum Gasteiger partial charge on any atom is 0.255 e. The molecule has 2 aromatic heterocycles. The molecule has 0 saturated carbocycles. The molecule has 0 radical (unpaired) electrons. The van der Waals surface area contributed by atoms with Crippen molar-refractivity contribution in [2.24, 2.45) is 0 Å². The zero-order valence-corrected chi connectivity index (χ0v) is 17.1. The Morgan fingerprint density at radius 1 is 1.06 bits per heavy atom. The van der Waals surface area contributed by atoms with Gasteiger partial charge in [0.25, 0.3) is 11.8 Å².